The highest BCUT2D eigenvalue weighted by Crippen LogP contribution is 2.21. The molecule has 6 nitrogen and oxygen atoms in total. The largest absolute Gasteiger partial charge is 0.478 e. The first-order chi connectivity index (χ1) is 13.4. The van der Waals surface area contributed by atoms with Crippen LogP contribution in [-0.4, -0.2) is 40.9 Å². The van der Waals surface area contributed by atoms with Crippen molar-refractivity contribution in [2.75, 3.05) is 18.4 Å². The van der Waals surface area contributed by atoms with Crippen molar-refractivity contribution in [1.82, 2.24) is 4.90 Å². The van der Waals surface area contributed by atoms with Gasteiger partial charge < -0.3 is 15.3 Å². The lowest BCUT2D eigenvalue weighted by Crippen LogP contribution is -2.44. The number of nitrogens with zero attached hydrogens (tertiary/aromatic N) is 1. The van der Waals surface area contributed by atoms with Crippen LogP contribution in [0.1, 0.15) is 34.3 Å². The molecule has 0 bridgehead atoms. The SMILES string of the molecule is Cc1cc(NC(=O)C2CCCN(C(=O)Cc3ccccc3)C2)ccc1C(=O)O. The molecule has 1 fully saturated rings. The number of carboxylic acid groups (broad SMARTS) is 1. The maximum absolute atomic E-state index is 12.7. The molecule has 1 atom stereocenters. The number of hydrogen-bond acceptors (Lipinski definition) is 3. The predicted molar refractivity (Wildman–Crippen MR) is 106 cm³/mol. The lowest BCUT2D eigenvalue weighted by molar-refractivity contribution is -0.133. The summed E-state index contributed by atoms with van der Waals surface area (Å²) in [7, 11) is 0. The number of likely N-dealkylation sites (tertiary alicyclic amines) is 1. The van der Waals surface area contributed by atoms with Gasteiger partial charge in [-0.15, -0.1) is 0 Å². The number of rotatable bonds is 5. The van der Waals surface area contributed by atoms with Gasteiger partial charge in [-0.2, -0.15) is 0 Å². The smallest absolute Gasteiger partial charge is 0.335 e. The van der Waals surface area contributed by atoms with Crippen molar-refractivity contribution >= 4 is 23.5 Å². The highest BCUT2D eigenvalue weighted by atomic mass is 16.4. The molecule has 6 heteroatoms. The minimum atomic E-state index is -0.991. The molecule has 2 aromatic rings. The van der Waals surface area contributed by atoms with Crippen molar-refractivity contribution in [2.24, 2.45) is 5.92 Å². The van der Waals surface area contributed by atoms with Crippen LogP contribution in [0.25, 0.3) is 0 Å². The molecule has 146 valence electrons. The number of amides is 2. The average molecular weight is 380 g/mol. The van der Waals surface area contributed by atoms with Crippen LogP contribution < -0.4 is 5.32 Å². The maximum Gasteiger partial charge on any atom is 0.335 e. The fourth-order valence-electron chi connectivity index (χ4n) is 3.53. The zero-order chi connectivity index (χ0) is 20.1. The van der Waals surface area contributed by atoms with Crippen LogP contribution in [0.4, 0.5) is 5.69 Å². The summed E-state index contributed by atoms with van der Waals surface area (Å²) in [5.74, 6) is -1.37. The minimum Gasteiger partial charge on any atom is -0.478 e. The summed E-state index contributed by atoms with van der Waals surface area (Å²) in [6, 6.07) is 14.3. The Morgan fingerprint density at radius 3 is 2.57 bits per heavy atom. The van der Waals surface area contributed by atoms with Gasteiger partial charge in [-0.05, 0) is 49.1 Å². The standard InChI is InChI=1S/C22H24N2O4/c1-15-12-18(9-10-19(15)22(27)28)23-21(26)17-8-5-11-24(14-17)20(25)13-16-6-3-2-4-7-16/h2-4,6-7,9-10,12,17H,5,8,11,13-14H2,1H3,(H,23,26)(H,27,28). The molecule has 1 aliphatic rings. The Hall–Kier alpha value is -3.15. The second-order valence-corrected chi connectivity index (χ2v) is 7.17. The Morgan fingerprint density at radius 2 is 1.89 bits per heavy atom. The summed E-state index contributed by atoms with van der Waals surface area (Å²) in [4.78, 5) is 38.1. The van der Waals surface area contributed by atoms with Crippen LogP contribution in [0.5, 0.6) is 0 Å². The summed E-state index contributed by atoms with van der Waals surface area (Å²) in [5, 5.41) is 12.0. The zero-order valence-corrected chi connectivity index (χ0v) is 15.9. The van der Waals surface area contributed by atoms with E-state index in [2.05, 4.69) is 5.32 Å². The van der Waals surface area contributed by atoms with Gasteiger partial charge in [0.2, 0.25) is 11.8 Å². The average Bonchev–Trinajstić information content (AvgIpc) is 2.68. The molecule has 3 rings (SSSR count). The van der Waals surface area contributed by atoms with Crippen molar-refractivity contribution in [3.8, 4) is 0 Å². The van der Waals surface area contributed by atoms with Crippen molar-refractivity contribution in [2.45, 2.75) is 26.2 Å². The van der Waals surface area contributed by atoms with Crippen molar-refractivity contribution in [3.05, 3.63) is 65.2 Å². The molecule has 2 aromatic carbocycles. The van der Waals surface area contributed by atoms with Crippen molar-refractivity contribution in [1.29, 1.82) is 0 Å². The topological polar surface area (TPSA) is 86.7 Å². The van der Waals surface area contributed by atoms with Crippen LogP contribution in [-0.2, 0) is 16.0 Å². The number of piperidine rings is 1. The normalized spacial score (nSPS) is 16.5. The van der Waals surface area contributed by atoms with Crippen LogP contribution >= 0.6 is 0 Å². The Kier molecular flexibility index (Phi) is 6.09. The van der Waals surface area contributed by atoms with Gasteiger partial charge in [-0.1, -0.05) is 30.3 Å². The van der Waals surface area contributed by atoms with E-state index in [0.717, 1.165) is 18.4 Å². The predicted octanol–water partition coefficient (Wildman–Crippen LogP) is 3.11. The van der Waals surface area contributed by atoms with Crippen LogP contribution in [0, 0.1) is 12.8 Å². The number of aromatic carboxylic acids is 1. The molecule has 0 saturated carbocycles. The summed E-state index contributed by atoms with van der Waals surface area (Å²) < 4.78 is 0. The number of carbonyl (C=O) groups is 3. The van der Waals surface area contributed by atoms with E-state index in [-0.39, 0.29) is 23.3 Å². The monoisotopic (exact) mass is 380 g/mol. The van der Waals surface area contributed by atoms with Gasteiger partial charge >= 0.3 is 5.97 Å². The van der Waals surface area contributed by atoms with Gasteiger partial charge in [0, 0.05) is 18.8 Å². The quantitative estimate of drug-likeness (QED) is 0.834. The third-order valence-corrected chi connectivity index (χ3v) is 5.07. The first-order valence-electron chi connectivity index (χ1n) is 9.40. The van der Waals surface area contributed by atoms with Crippen LogP contribution in [0.3, 0.4) is 0 Å². The third-order valence-electron chi connectivity index (χ3n) is 5.07. The van der Waals surface area contributed by atoms with Gasteiger partial charge in [-0.25, -0.2) is 4.79 Å². The lowest BCUT2D eigenvalue weighted by atomic mass is 9.96. The molecule has 0 radical (unpaired) electrons. The highest BCUT2D eigenvalue weighted by molar-refractivity contribution is 5.95. The number of benzene rings is 2. The lowest BCUT2D eigenvalue weighted by Gasteiger charge is -2.32. The summed E-state index contributed by atoms with van der Waals surface area (Å²) in [6.45, 7) is 2.77. The number of hydrogen-bond donors (Lipinski definition) is 2. The number of carboxylic acids is 1. The van der Waals surface area contributed by atoms with Gasteiger partial charge in [0.15, 0.2) is 0 Å². The molecule has 0 aromatic heterocycles. The maximum atomic E-state index is 12.7. The van der Waals surface area contributed by atoms with E-state index >= 15 is 0 Å². The number of aryl methyl sites for hydroxylation is 1. The van der Waals surface area contributed by atoms with E-state index in [9.17, 15) is 14.4 Å². The molecule has 2 N–H and O–H groups in total. The molecule has 1 heterocycles. The number of anilines is 1. The van der Waals surface area contributed by atoms with Crippen LogP contribution in [0.15, 0.2) is 48.5 Å². The first kappa shape index (κ1) is 19.6. The van der Waals surface area contributed by atoms with Gasteiger partial charge in [0.1, 0.15) is 0 Å². The zero-order valence-electron chi connectivity index (χ0n) is 15.9. The van der Waals surface area contributed by atoms with E-state index in [0.29, 0.717) is 30.8 Å². The third kappa shape index (κ3) is 4.76. The molecule has 0 aliphatic carbocycles. The van der Waals surface area contributed by atoms with Gasteiger partial charge in [0.25, 0.3) is 0 Å². The molecular formula is C22H24N2O4. The van der Waals surface area contributed by atoms with Crippen molar-refractivity contribution < 1.29 is 19.5 Å². The summed E-state index contributed by atoms with van der Waals surface area (Å²) >= 11 is 0. The molecule has 1 aliphatic heterocycles. The molecular weight excluding hydrogens is 356 g/mol. The van der Waals surface area contributed by atoms with E-state index in [1.807, 2.05) is 30.3 Å². The van der Waals surface area contributed by atoms with E-state index in [1.54, 1.807) is 24.0 Å². The minimum absolute atomic E-state index is 0.0327. The second kappa shape index (κ2) is 8.69. The second-order valence-electron chi connectivity index (χ2n) is 7.17. The molecule has 2 amide bonds. The fraction of sp³-hybridized carbons (Fsp3) is 0.318. The van der Waals surface area contributed by atoms with Crippen LogP contribution in [0.2, 0.25) is 0 Å². The number of carbonyl (C=O) groups excluding carboxylic acids is 2. The molecule has 28 heavy (non-hydrogen) atoms. The Balaban J connectivity index is 1.60. The highest BCUT2D eigenvalue weighted by Gasteiger charge is 2.28. The van der Waals surface area contributed by atoms with E-state index in [1.165, 1.54) is 6.07 Å². The van der Waals surface area contributed by atoms with Gasteiger partial charge in [0.05, 0.1) is 17.9 Å². The Morgan fingerprint density at radius 1 is 1.14 bits per heavy atom. The van der Waals surface area contributed by atoms with Crippen molar-refractivity contribution in [3.63, 3.8) is 0 Å². The molecule has 0 spiro atoms. The Bertz CT molecular complexity index is 879. The first-order valence-corrected chi connectivity index (χ1v) is 9.40. The Labute approximate surface area is 164 Å². The fourth-order valence-corrected chi connectivity index (χ4v) is 3.53. The van der Waals surface area contributed by atoms with Gasteiger partial charge in [-0.3, -0.25) is 9.59 Å². The summed E-state index contributed by atoms with van der Waals surface area (Å²) in [6.07, 6.45) is 1.85. The summed E-state index contributed by atoms with van der Waals surface area (Å²) in [5.41, 5.74) is 2.34. The van der Waals surface area contributed by atoms with E-state index in [4.69, 9.17) is 5.11 Å². The molecule has 1 unspecified atom stereocenters. The molecule has 1 saturated heterocycles. The van der Waals surface area contributed by atoms with E-state index < -0.39 is 5.97 Å². The number of nitrogens with one attached hydrogen (secondary N) is 1.